The second-order valence-corrected chi connectivity index (χ2v) is 6.63. The molecule has 1 saturated carbocycles. The summed E-state index contributed by atoms with van der Waals surface area (Å²) >= 11 is 1.76. The van der Waals surface area contributed by atoms with Gasteiger partial charge >= 0.3 is 0 Å². The Morgan fingerprint density at radius 2 is 2.15 bits per heavy atom. The van der Waals surface area contributed by atoms with E-state index in [0.29, 0.717) is 0 Å². The molecule has 1 amide bonds. The van der Waals surface area contributed by atoms with Crippen molar-refractivity contribution in [3.63, 3.8) is 0 Å². The molecule has 104 valence electrons. The van der Waals surface area contributed by atoms with Crippen molar-refractivity contribution in [3.8, 4) is 0 Å². The van der Waals surface area contributed by atoms with Gasteiger partial charge in [-0.2, -0.15) is 0 Å². The van der Waals surface area contributed by atoms with Crippen molar-refractivity contribution in [3.05, 3.63) is 16.3 Å². The van der Waals surface area contributed by atoms with Gasteiger partial charge in [0, 0.05) is 10.8 Å². The van der Waals surface area contributed by atoms with E-state index in [1.54, 1.807) is 11.3 Å². The largest absolute Gasteiger partial charge is 0.281 e. The normalized spacial score (nSPS) is 17.2. The average Bonchev–Trinajstić information content (AvgIpc) is 3.07. The van der Waals surface area contributed by atoms with Crippen LogP contribution < -0.4 is 10.9 Å². The van der Waals surface area contributed by atoms with E-state index in [1.807, 2.05) is 6.92 Å². The zero-order valence-electron chi connectivity index (χ0n) is 11.3. The molecule has 0 aliphatic heterocycles. The highest BCUT2D eigenvalue weighted by molar-refractivity contribution is 7.19. The van der Waals surface area contributed by atoms with Gasteiger partial charge in [0.2, 0.25) is 5.91 Å². The number of carbonyl (C=O) groups is 1. The molecule has 0 radical (unpaired) electrons. The Balaban J connectivity index is 1.71. The molecule has 2 aromatic rings. The molecule has 6 heteroatoms. The third-order valence-corrected chi connectivity index (χ3v) is 5.11. The molecule has 0 bridgehead atoms. The van der Waals surface area contributed by atoms with E-state index in [0.717, 1.165) is 47.5 Å². The van der Waals surface area contributed by atoms with Crippen molar-refractivity contribution in [1.29, 1.82) is 0 Å². The summed E-state index contributed by atoms with van der Waals surface area (Å²) in [7, 11) is 0. The third-order valence-electron chi connectivity index (χ3n) is 3.93. The molecule has 4 rings (SSSR count). The van der Waals surface area contributed by atoms with Crippen molar-refractivity contribution >= 4 is 33.3 Å². The fraction of sp³-hybridized carbons (Fsp3) is 0.500. The highest BCUT2D eigenvalue weighted by Crippen LogP contribution is 2.39. The molecule has 2 aliphatic rings. The second kappa shape index (κ2) is 4.41. The minimum atomic E-state index is 0.0706. The highest BCUT2D eigenvalue weighted by Gasteiger charge is 2.30. The summed E-state index contributed by atoms with van der Waals surface area (Å²) in [4.78, 5) is 23.2. The molecule has 1 fully saturated rings. The fourth-order valence-electron chi connectivity index (χ4n) is 2.76. The molecule has 0 saturated heterocycles. The Labute approximate surface area is 120 Å². The van der Waals surface area contributed by atoms with E-state index in [2.05, 4.69) is 20.8 Å². The lowest BCUT2D eigenvalue weighted by atomic mass is 10.2. The number of aromatic nitrogens is 2. The molecule has 0 atom stereocenters. The highest BCUT2D eigenvalue weighted by atomic mass is 32.1. The lowest BCUT2D eigenvalue weighted by molar-refractivity contribution is -0.121. The quantitative estimate of drug-likeness (QED) is 0.851. The molecule has 2 N–H and O–H groups in total. The molecular weight excluding hydrogens is 272 g/mol. The van der Waals surface area contributed by atoms with Crippen LogP contribution in [-0.2, 0) is 17.6 Å². The van der Waals surface area contributed by atoms with Crippen LogP contribution in [-0.4, -0.2) is 15.9 Å². The van der Waals surface area contributed by atoms with Crippen LogP contribution in [0.1, 0.15) is 35.5 Å². The molecule has 0 unspecified atom stereocenters. The number of fused-ring (bicyclic) bond motifs is 3. The molecule has 0 aromatic carbocycles. The maximum atomic E-state index is 11.8. The van der Waals surface area contributed by atoms with Crippen molar-refractivity contribution in [1.82, 2.24) is 15.4 Å². The zero-order valence-corrected chi connectivity index (χ0v) is 12.1. The van der Waals surface area contributed by atoms with Crippen LogP contribution in [0.4, 0.5) is 5.82 Å². The minimum absolute atomic E-state index is 0.0706. The number of aryl methyl sites for hydroxylation is 3. The van der Waals surface area contributed by atoms with E-state index >= 15 is 0 Å². The number of hydrogen-bond acceptors (Lipinski definition) is 5. The average molecular weight is 288 g/mol. The van der Waals surface area contributed by atoms with Gasteiger partial charge in [-0.05, 0) is 44.6 Å². The van der Waals surface area contributed by atoms with E-state index in [9.17, 15) is 4.79 Å². The van der Waals surface area contributed by atoms with E-state index < -0.39 is 0 Å². The first-order valence-corrected chi connectivity index (χ1v) is 7.89. The van der Waals surface area contributed by atoms with Gasteiger partial charge in [0.15, 0.2) is 5.82 Å². The monoisotopic (exact) mass is 288 g/mol. The molecule has 5 nitrogen and oxygen atoms in total. The number of nitrogens with zero attached hydrogens (tertiary/aromatic N) is 2. The van der Waals surface area contributed by atoms with Crippen LogP contribution in [0.15, 0.2) is 0 Å². The first kappa shape index (κ1) is 12.1. The Morgan fingerprint density at radius 3 is 2.95 bits per heavy atom. The predicted molar refractivity (Wildman–Crippen MR) is 78.7 cm³/mol. The number of anilines is 1. The number of amides is 1. The Hall–Kier alpha value is -1.69. The summed E-state index contributed by atoms with van der Waals surface area (Å²) in [5, 5.41) is 1.10. The maximum absolute atomic E-state index is 11.8. The Morgan fingerprint density at radius 1 is 1.30 bits per heavy atom. The van der Waals surface area contributed by atoms with Crippen molar-refractivity contribution in [2.24, 2.45) is 5.92 Å². The van der Waals surface area contributed by atoms with Crippen molar-refractivity contribution < 1.29 is 4.79 Å². The molecule has 20 heavy (non-hydrogen) atoms. The summed E-state index contributed by atoms with van der Waals surface area (Å²) in [6.45, 7) is 1.89. The summed E-state index contributed by atoms with van der Waals surface area (Å²) in [6.07, 6.45) is 5.44. The van der Waals surface area contributed by atoms with Gasteiger partial charge in [0.1, 0.15) is 10.7 Å². The van der Waals surface area contributed by atoms with Gasteiger partial charge < -0.3 is 0 Å². The fourth-order valence-corrected chi connectivity index (χ4v) is 4.07. The number of hydrazine groups is 1. The van der Waals surface area contributed by atoms with Crippen molar-refractivity contribution in [2.45, 2.75) is 39.0 Å². The lowest BCUT2D eigenvalue weighted by Crippen LogP contribution is -2.31. The summed E-state index contributed by atoms with van der Waals surface area (Å²) in [5.41, 5.74) is 7.18. The van der Waals surface area contributed by atoms with Crippen LogP contribution in [0, 0.1) is 12.8 Å². The van der Waals surface area contributed by atoms with Gasteiger partial charge in [-0.3, -0.25) is 15.6 Å². The van der Waals surface area contributed by atoms with Gasteiger partial charge in [0.05, 0.1) is 5.39 Å². The number of rotatable bonds is 3. The topological polar surface area (TPSA) is 66.9 Å². The second-order valence-electron chi connectivity index (χ2n) is 5.55. The minimum Gasteiger partial charge on any atom is -0.281 e. The summed E-state index contributed by atoms with van der Waals surface area (Å²) in [5.74, 6) is 1.75. The standard InChI is InChI=1S/C14H16N4OS/c1-7-15-12(17-18-13(19)8-5-6-8)11-9-3-2-4-10(9)20-14(11)16-7/h8H,2-6H2,1H3,(H,18,19)(H,15,16,17). The molecule has 0 spiro atoms. The summed E-state index contributed by atoms with van der Waals surface area (Å²) < 4.78 is 0. The number of nitrogens with one attached hydrogen (secondary N) is 2. The molecular formula is C14H16N4OS. The SMILES string of the molecule is Cc1nc(NNC(=O)C2CC2)c2c3c(sc2n1)CCC3. The Bertz CT molecular complexity index is 705. The molecule has 2 aromatic heterocycles. The zero-order chi connectivity index (χ0) is 13.7. The number of hydrogen-bond donors (Lipinski definition) is 2. The van der Waals surface area contributed by atoms with Gasteiger partial charge in [-0.1, -0.05) is 0 Å². The lowest BCUT2D eigenvalue weighted by Gasteiger charge is -2.09. The van der Waals surface area contributed by atoms with Crippen LogP contribution in [0.3, 0.4) is 0 Å². The van der Waals surface area contributed by atoms with Crippen LogP contribution in [0.25, 0.3) is 10.2 Å². The molecule has 2 aliphatic carbocycles. The Kier molecular flexibility index (Phi) is 2.66. The van der Waals surface area contributed by atoms with E-state index in [1.165, 1.54) is 16.9 Å². The van der Waals surface area contributed by atoms with E-state index in [-0.39, 0.29) is 11.8 Å². The first-order valence-electron chi connectivity index (χ1n) is 7.07. The molecule has 2 heterocycles. The van der Waals surface area contributed by atoms with Crippen molar-refractivity contribution in [2.75, 3.05) is 5.43 Å². The number of carbonyl (C=O) groups excluding carboxylic acids is 1. The third kappa shape index (κ3) is 1.95. The van der Waals surface area contributed by atoms with Crippen LogP contribution in [0.5, 0.6) is 0 Å². The maximum Gasteiger partial charge on any atom is 0.241 e. The van der Waals surface area contributed by atoms with Crippen LogP contribution >= 0.6 is 11.3 Å². The van der Waals surface area contributed by atoms with Crippen LogP contribution in [0.2, 0.25) is 0 Å². The number of thiophene rings is 1. The first-order chi connectivity index (χ1) is 9.72. The van der Waals surface area contributed by atoms with E-state index in [4.69, 9.17) is 0 Å². The summed E-state index contributed by atoms with van der Waals surface area (Å²) in [6, 6.07) is 0. The van der Waals surface area contributed by atoms with Gasteiger partial charge in [0.25, 0.3) is 0 Å². The smallest absolute Gasteiger partial charge is 0.241 e. The predicted octanol–water partition coefficient (Wildman–Crippen LogP) is 2.34. The van der Waals surface area contributed by atoms with Gasteiger partial charge in [-0.15, -0.1) is 11.3 Å². The van der Waals surface area contributed by atoms with Gasteiger partial charge in [-0.25, -0.2) is 9.97 Å².